The summed E-state index contributed by atoms with van der Waals surface area (Å²) in [5, 5.41) is 7.45. The van der Waals surface area contributed by atoms with Crippen LogP contribution in [0.5, 0.6) is 5.75 Å². The predicted molar refractivity (Wildman–Crippen MR) is 79.4 cm³/mol. The Bertz CT molecular complexity index is 576. The average molecular weight is 287 g/mol. The van der Waals surface area contributed by atoms with Crippen LogP contribution < -0.4 is 10.1 Å². The van der Waals surface area contributed by atoms with Crippen LogP contribution in [0.1, 0.15) is 30.1 Å². The Labute approximate surface area is 124 Å². The van der Waals surface area contributed by atoms with Gasteiger partial charge in [-0.25, -0.2) is 0 Å². The quantitative estimate of drug-likeness (QED) is 0.882. The average Bonchev–Trinajstić information content (AvgIpc) is 3.17. The second kappa shape index (κ2) is 6.72. The van der Waals surface area contributed by atoms with Crippen LogP contribution in [0.15, 0.2) is 28.8 Å². The van der Waals surface area contributed by atoms with E-state index in [-0.39, 0.29) is 0 Å². The number of methoxy groups -OCH3 is 1. The number of hydrogen-bond donors (Lipinski definition) is 1. The second-order valence-electron chi connectivity index (χ2n) is 5.49. The minimum Gasteiger partial charge on any atom is -0.496 e. The fraction of sp³-hybridized carbons (Fsp3) is 0.500. The summed E-state index contributed by atoms with van der Waals surface area (Å²) in [6.45, 7) is 2.25. The van der Waals surface area contributed by atoms with E-state index < -0.39 is 0 Å². The molecule has 0 saturated carbocycles. The Hall–Kier alpha value is -1.88. The van der Waals surface area contributed by atoms with Crippen molar-refractivity contribution in [3.05, 3.63) is 41.5 Å². The van der Waals surface area contributed by atoms with Crippen molar-refractivity contribution < 1.29 is 9.26 Å². The molecular weight excluding hydrogens is 266 g/mol. The van der Waals surface area contributed by atoms with Gasteiger partial charge in [0.2, 0.25) is 5.89 Å². The Morgan fingerprint density at radius 2 is 2.29 bits per heavy atom. The molecule has 1 atom stereocenters. The van der Waals surface area contributed by atoms with Crippen LogP contribution in [-0.4, -0.2) is 30.3 Å². The van der Waals surface area contributed by atoms with Gasteiger partial charge in [0.25, 0.3) is 0 Å². The van der Waals surface area contributed by atoms with E-state index in [1.807, 2.05) is 24.3 Å². The molecule has 0 spiro atoms. The molecule has 1 aromatic heterocycles. The zero-order valence-corrected chi connectivity index (χ0v) is 12.3. The van der Waals surface area contributed by atoms with Gasteiger partial charge in [0.1, 0.15) is 5.75 Å². The highest BCUT2D eigenvalue weighted by Crippen LogP contribution is 2.20. The maximum atomic E-state index is 5.35. The van der Waals surface area contributed by atoms with Gasteiger partial charge >= 0.3 is 0 Å². The van der Waals surface area contributed by atoms with Crippen LogP contribution in [0, 0.1) is 5.92 Å². The van der Waals surface area contributed by atoms with Crippen molar-refractivity contribution in [1.29, 1.82) is 0 Å². The molecule has 1 N–H and O–H groups in total. The third-order valence-corrected chi connectivity index (χ3v) is 3.98. The van der Waals surface area contributed by atoms with E-state index in [0.717, 1.165) is 54.9 Å². The number of ether oxygens (including phenoxy) is 1. The molecule has 0 amide bonds. The highest BCUT2D eigenvalue weighted by Gasteiger charge is 2.16. The molecule has 0 aliphatic carbocycles. The maximum Gasteiger partial charge on any atom is 0.226 e. The number of hydrogen-bond acceptors (Lipinski definition) is 5. The first-order valence-corrected chi connectivity index (χ1v) is 7.49. The SMILES string of the molecule is COc1ccccc1Cc1noc(CCC2CCNC2)n1. The highest BCUT2D eigenvalue weighted by atomic mass is 16.5. The van der Waals surface area contributed by atoms with Gasteiger partial charge in [-0.1, -0.05) is 23.4 Å². The topological polar surface area (TPSA) is 60.2 Å². The van der Waals surface area contributed by atoms with Crippen LogP contribution in [0.4, 0.5) is 0 Å². The number of rotatable bonds is 6. The lowest BCUT2D eigenvalue weighted by Crippen LogP contribution is -2.09. The van der Waals surface area contributed by atoms with E-state index in [9.17, 15) is 0 Å². The van der Waals surface area contributed by atoms with Crippen molar-refractivity contribution in [2.75, 3.05) is 20.2 Å². The Morgan fingerprint density at radius 1 is 1.38 bits per heavy atom. The zero-order chi connectivity index (χ0) is 14.5. The zero-order valence-electron chi connectivity index (χ0n) is 12.3. The summed E-state index contributed by atoms with van der Waals surface area (Å²) in [4.78, 5) is 4.49. The molecule has 1 unspecified atom stereocenters. The number of aryl methyl sites for hydroxylation is 1. The van der Waals surface area contributed by atoms with Crippen molar-refractivity contribution in [2.24, 2.45) is 5.92 Å². The smallest absolute Gasteiger partial charge is 0.226 e. The summed E-state index contributed by atoms with van der Waals surface area (Å²) in [7, 11) is 1.68. The fourth-order valence-electron chi connectivity index (χ4n) is 2.77. The molecule has 0 radical (unpaired) electrons. The van der Waals surface area contributed by atoms with Crippen LogP contribution in [-0.2, 0) is 12.8 Å². The van der Waals surface area contributed by atoms with Crippen LogP contribution in [0.2, 0.25) is 0 Å². The molecule has 112 valence electrons. The first-order chi connectivity index (χ1) is 10.3. The van der Waals surface area contributed by atoms with Gasteiger partial charge in [0.05, 0.1) is 7.11 Å². The molecule has 5 nitrogen and oxygen atoms in total. The number of benzene rings is 1. The van der Waals surface area contributed by atoms with E-state index in [1.54, 1.807) is 7.11 Å². The summed E-state index contributed by atoms with van der Waals surface area (Å²) in [6, 6.07) is 7.92. The lowest BCUT2D eigenvalue weighted by atomic mass is 10.0. The van der Waals surface area contributed by atoms with Gasteiger partial charge < -0.3 is 14.6 Å². The second-order valence-corrected chi connectivity index (χ2v) is 5.49. The predicted octanol–water partition coefficient (Wildman–Crippen LogP) is 2.21. The molecule has 2 heterocycles. The lowest BCUT2D eigenvalue weighted by molar-refractivity contribution is 0.360. The van der Waals surface area contributed by atoms with Gasteiger partial charge in [-0.05, 0) is 37.9 Å². The monoisotopic (exact) mass is 287 g/mol. The third-order valence-electron chi connectivity index (χ3n) is 3.98. The van der Waals surface area contributed by atoms with Gasteiger partial charge in [-0.3, -0.25) is 0 Å². The van der Waals surface area contributed by atoms with Crippen molar-refractivity contribution >= 4 is 0 Å². The van der Waals surface area contributed by atoms with E-state index in [1.165, 1.54) is 6.42 Å². The van der Waals surface area contributed by atoms with Crippen molar-refractivity contribution in [3.63, 3.8) is 0 Å². The minimum atomic E-state index is 0.637. The van der Waals surface area contributed by atoms with Crippen LogP contribution >= 0.6 is 0 Å². The molecule has 1 aliphatic rings. The highest BCUT2D eigenvalue weighted by molar-refractivity contribution is 5.35. The minimum absolute atomic E-state index is 0.637. The lowest BCUT2D eigenvalue weighted by Gasteiger charge is -2.05. The maximum absolute atomic E-state index is 5.35. The van der Waals surface area contributed by atoms with Crippen molar-refractivity contribution in [1.82, 2.24) is 15.5 Å². The molecule has 5 heteroatoms. The van der Waals surface area contributed by atoms with Crippen molar-refractivity contribution in [2.45, 2.75) is 25.7 Å². The summed E-state index contributed by atoms with van der Waals surface area (Å²) >= 11 is 0. The first kappa shape index (κ1) is 14.1. The molecule has 1 fully saturated rings. The molecule has 1 aliphatic heterocycles. The molecular formula is C16H21N3O2. The van der Waals surface area contributed by atoms with E-state index in [4.69, 9.17) is 9.26 Å². The number of nitrogens with zero attached hydrogens (tertiary/aromatic N) is 2. The molecule has 0 bridgehead atoms. The van der Waals surface area contributed by atoms with Gasteiger partial charge in [-0.2, -0.15) is 4.98 Å². The molecule has 3 rings (SSSR count). The van der Waals surface area contributed by atoms with E-state index in [0.29, 0.717) is 6.42 Å². The van der Waals surface area contributed by atoms with E-state index >= 15 is 0 Å². The van der Waals surface area contributed by atoms with Crippen LogP contribution in [0.3, 0.4) is 0 Å². The Morgan fingerprint density at radius 3 is 3.10 bits per heavy atom. The van der Waals surface area contributed by atoms with Crippen molar-refractivity contribution in [3.8, 4) is 5.75 Å². The van der Waals surface area contributed by atoms with E-state index in [2.05, 4.69) is 15.5 Å². The standard InChI is InChI=1S/C16H21N3O2/c1-20-14-5-3-2-4-13(14)10-15-18-16(21-19-15)7-6-12-8-9-17-11-12/h2-5,12,17H,6-11H2,1H3. The summed E-state index contributed by atoms with van der Waals surface area (Å²) in [5.41, 5.74) is 1.08. The fourth-order valence-corrected chi connectivity index (χ4v) is 2.77. The first-order valence-electron chi connectivity index (χ1n) is 7.49. The Kier molecular flexibility index (Phi) is 4.50. The summed E-state index contributed by atoms with van der Waals surface area (Å²) in [6.07, 6.45) is 3.87. The number of aromatic nitrogens is 2. The van der Waals surface area contributed by atoms with Gasteiger partial charge in [-0.15, -0.1) is 0 Å². The molecule has 21 heavy (non-hydrogen) atoms. The summed E-state index contributed by atoms with van der Waals surface area (Å²) in [5.74, 6) is 3.07. The number of para-hydroxylation sites is 1. The van der Waals surface area contributed by atoms with Gasteiger partial charge in [0, 0.05) is 18.4 Å². The summed E-state index contributed by atoms with van der Waals surface area (Å²) < 4.78 is 10.7. The molecule has 1 aromatic carbocycles. The largest absolute Gasteiger partial charge is 0.496 e. The normalized spacial score (nSPS) is 18.0. The number of nitrogens with one attached hydrogen (secondary N) is 1. The molecule has 1 saturated heterocycles. The third kappa shape index (κ3) is 3.61. The Balaban J connectivity index is 1.59. The van der Waals surface area contributed by atoms with Crippen LogP contribution in [0.25, 0.3) is 0 Å². The van der Waals surface area contributed by atoms with Gasteiger partial charge in [0.15, 0.2) is 5.82 Å². The molecule has 2 aromatic rings.